The third kappa shape index (κ3) is 5.41. The van der Waals surface area contributed by atoms with E-state index in [1.807, 2.05) is 0 Å². The van der Waals surface area contributed by atoms with Crippen LogP contribution in [0.25, 0.3) is 0 Å². The Morgan fingerprint density at radius 1 is 1.07 bits per heavy atom. The van der Waals surface area contributed by atoms with E-state index in [2.05, 4.69) is 10.1 Å². The standard InChI is InChI=1S/C20H18Cl3N3O3/c1-20(2,10-28-15-7-8-16(22)17(23)9-15)18(27)19(26-12-24-11-25-26)29-14-5-3-13(21)4-6-14/h3-9,11-12,19H,10H2,1-2H3. The van der Waals surface area contributed by atoms with Crippen molar-refractivity contribution < 1.29 is 14.3 Å². The lowest BCUT2D eigenvalue weighted by Gasteiger charge is -2.28. The predicted octanol–water partition coefficient (Wildman–Crippen LogP) is 5.49. The van der Waals surface area contributed by atoms with Gasteiger partial charge in [0, 0.05) is 11.1 Å². The molecule has 6 nitrogen and oxygen atoms in total. The van der Waals surface area contributed by atoms with Crippen LogP contribution in [0.5, 0.6) is 11.5 Å². The number of nitrogens with zero attached hydrogens (tertiary/aromatic N) is 3. The third-order valence-corrected chi connectivity index (χ3v) is 5.11. The number of benzene rings is 2. The molecule has 0 saturated carbocycles. The molecule has 1 heterocycles. The Labute approximate surface area is 183 Å². The SMILES string of the molecule is CC(C)(COc1ccc(Cl)c(Cl)c1)C(=O)C(Oc1ccc(Cl)cc1)n1cncn1. The summed E-state index contributed by atoms with van der Waals surface area (Å²) < 4.78 is 13.0. The van der Waals surface area contributed by atoms with E-state index < -0.39 is 11.6 Å². The summed E-state index contributed by atoms with van der Waals surface area (Å²) in [4.78, 5) is 17.2. The summed E-state index contributed by atoms with van der Waals surface area (Å²) in [6.45, 7) is 3.63. The molecule has 3 rings (SSSR count). The van der Waals surface area contributed by atoms with Gasteiger partial charge in [-0.1, -0.05) is 34.8 Å². The highest BCUT2D eigenvalue weighted by atomic mass is 35.5. The van der Waals surface area contributed by atoms with Gasteiger partial charge in [-0.15, -0.1) is 0 Å². The van der Waals surface area contributed by atoms with Gasteiger partial charge in [0.2, 0.25) is 5.78 Å². The molecule has 0 bridgehead atoms. The van der Waals surface area contributed by atoms with Crippen molar-refractivity contribution in [1.82, 2.24) is 14.8 Å². The van der Waals surface area contributed by atoms with Gasteiger partial charge in [0.15, 0.2) is 0 Å². The molecule has 3 aromatic rings. The zero-order valence-corrected chi connectivity index (χ0v) is 17.9. The molecule has 29 heavy (non-hydrogen) atoms. The first-order valence-corrected chi connectivity index (χ1v) is 9.78. The molecule has 0 aliphatic rings. The average molecular weight is 455 g/mol. The van der Waals surface area contributed by atoms with Crippen LogP contribution in [0.3, 0.4) is 0 Å². The van der Waals surface area contributed by atoms with Crippen molar-refractivity contribution in [1.29, 1.82) is 0 Å². The maximum absolute atomic E-state index is 13.3. The minimum Gasteiger partial charge on any atom is -0.493 e. The number of carbonyl (C=O) groups excluding carboxylic acids is 1. The van der Waals surface area contributed by atoms with E-state index in [9.17, 15) is 4.79 Å². The van der Waals surface area contributed by atoms with Crippen molar-refractivity contribution >= 4 is 40.6 Å². The van der Waals surface area contributed by atoms with Crippen LogP contribution < -0.4 is 9.47 Å². The molecular weight excluding hydrogens is 437 g/mol. The second kappa shape index (κ2) is 9.03. The number of ketones is 1. The van der Waals surface area contributed by atoms with Crippen molar-refractivity contribution in [2.24, 2.45) is 5.41 Å². The molecule has 1 atom stereocenters. The summed E-state index contributed by atoms with van der Waals surface area (Å²) in [6.07, 6.45) is 1.74. The van der Waals surface area contributed by atoms with Crippen LogP contribution >= 0.6 is 34.8 Å². The molecular formula is C20H18Cl3N3O3. The summed E-state index contributed by atoms with van der Waals surface area (Å²) in [7, 11) is 0. The number of rotatable bonds is 8. The Morgan fingerprint density at radius 3 is 2.38 bits per heavy atom. The van der Waals surface area contributed by atoms with Gasteiger partial charge in [-0.3, -0.25) is 4.79 Å². The molecule has 0 N–H and O–H groups in total. The van der Waals surface area contributed by atoms with E-state index in [0.29, 0.717) is 26.6 Å². The highest BCUT2D eigenvalue weighted by molar-refractivity contribution is 6.42. The molecule has 0 aliphatic carbocycles. The van der Waals surface area contributed by atoms with Crippen LogP contribution in [0, 0.1) is 5.41 Å². The van der Waals surface area contributed by atoms with E-state index in [1.165, 1.54) is 17.3 Å². The van der Waals surface area contributed by atoms with Crippen LogP contribution in [0.15, 0.2) is 55.1 Å². The second-order valence-corrected chi connectivity index (χ2v) is 8.16. The maximum atomic E-state index is 13.3. The molecule has 0 amide bonds. The number of carbonyl (C=O) groups is 1. The molecule has 2 aromatic carbocycles. The van der Waals surface area contributed by atoms with Crippen molar-refractivity contribution in [3.8, 4) is 11.5 Å². The highest BCUT2D eigenvalue weighted by Gasteiger charge is 2.37. The van der Waals surface area contributed by atoms with E-state index in [1.54, 1.807) is 56.3 Å². The lowest BCUT2D eigenvalue weighted by Crippen LogP contribution is -2.39. The van der Waals surface area contributed by atoms with Crippen molar-refractivity contribution in [3.05, 3.63) is 70.2 Å². The van der Waals surface area contributed by atoms with Gasteiger partial charge < -0.3 is 9.47 Å². The summed E-state index contributed by atoms with van der Waals surface area (Å²) in [5, 5.41) is 5.43. The Kier molecular flexibility index (Phi) is 6.67. The Hall–Kier alpha value is -2.28. The van der Waals surface area contributed by atoms with Crippen LogP contribution in [-0.4, -0.2) is 27.2 Å². The van der Waals surface area contributed by atoms with Gasteiger partial charge in [0.25, 0.3) is 6.23 Å². The minimum absolute atomic E-state index is 0.0962. The number of ether oxygens (including phenoxy) is 2. The fourth-order valence-electron chi connectivity index (χ4n) is 2.44. The molecule has 0 fully saturated rings. The minimum atomic E-state index is -1.02. The fourth-order valence-corrected chi connectivity index (χ4v) is 2.86. The molecule has 1 unspecified atom stereocenters. The van der Waals surface area contributed by atoms with Gasteiger partial charge >= 0.3 is 0 Å². The van der Waals surface area contributed by atoms with Gasteiger partial charge in [-0.05, 0) is 50.2 Å². The number of aromatic nitrogens is 3. The smallest absolute Gasteiger partial charge is 0.252 e. The first-order chi connectivity index (χ1) is 13.8. The molecule has 0 aliphatic heterocycles. The monoisotopic (exact) mass is 453 g/mol. The van der Waals surface area contributed by atoms with Crippen LogP contribution in [0.4, 0.5) is 0 Å². The average Bonchev–Trinajstić information content (AvgIpc) is 3.22. The Bertz CT molecular complexity index is 976. The van der Waals surface area contributed by atoms with Crippen LogP contribution in [0.1, 0.15) is 20.1 Å². The van der Waals surface area contributed by atoms with Crippen molar-refractivity contribution in [2.45, 2.75) is 20.1 Å². The van der Waals surface area contributed by atoms with Crippen LogP contribution in [-0.2, 0) is 4.79 Å². The molecule has 0 spiro atoms. The molecule has 0 saturated heterocycles. The van der Waals surface area contributed by atoms with E-state index in [-0.39, 0.29) is 12.4 Å². The lowest BCUT2D eigenvalue weighted by molar-refractivity contribution is -0.140. The largest absolute Gasteiger partial charge is 0.493 e. The lowest BCUT2D eigenvalue weighted by atomic mass is 9.88. The van der Waals surface area contributed by atoms with Gasteiger partial charge in [0.1, 0.15) is 30.8 Å². The van der Waals surface area contributed by atoms with E-state index in [0.717, 1.165) is 0 Å². The topological polar surface area (TPSA) is 66.2 Å². The summed E-state index contributed by atoms with van der Waals surface area (Å²) in [5.74, 6) is 0.749. The molecule has 9 heteroatoms. The summed E-state index contributed by atoms with van der Waals surface area (Å²) >= 11 is 17.9. The molecule has 152 valence electrons. The number of hydrogen-bond acceptors (Lipinski definition) is 5. The zero-order valence-electron chi connectivity index (χ0n) is 15.7. The summed E-state index contributed by atoms with van der Waals surface area (Å²) in [6, 6.07) is 11.6. The quantitative estimate of drug-likeness (QED) is 0.450. The molecule has 0 radical (unpaired) electrons. The highest BCUT2D eigenvalue weighted by Crippen LogP contribution is 2.30. The van der Waals surface area contributed by atoms with Crippen LogP contribution in [0.2, 0.25) is 15.1 Å². The Morgan fingerprint density at radius 2 is 1.76 bits per heavy atom. The van der Waals surface area contributed by atoms with Gasteiger partial charge in [0.05, 0.1) is 15.5 Å². The predicted molar refractivity (Wildman–Crippen MR) is 112 cm³/mol. The number of hydrogen-bond donors (Lipinski definition) is 0. The van der Waals surface area contributed by atoms with Gasteiger partial charge in [-0.25, -0.2) is 9.67 Å². The van der Waals surface area contributed by atoms with Crippen molar-refractivity contribution in [3.63, 3.8) is 0 Å². The van der Waals surface area contributed by atoms with E-state index in [4.69, 9.17) is 44.3 Å². The summed E-state index contributed by atoms with van der Waals surface area (Å²) in [5.41, 5.74) is -0.908. The van der Waals surface area contributed by atoms with Gasteiger partial charge in [-0.2, -0.15) is 5.10 Å². The number of Topliss-reactive ketones (excluding diaryl/α,β-unsaturated/α-hetero) is 1. The molecule has 1 aromatic heterocycles. The number of halogens is 3. The fraction of sp³-hybridized carbons (Fsp3) is 0.250. The first kappa shape index (κ1) is 21.4. The first-order valence-electron chi connectivity index (χ1n) is 8.65. The third-order valence-electron chi connectivity index (χ3n) is 4.12. The zero-order chi connectivity index (χ0) is 21.0. The second-order valence-electron chi connectivity index (χ2n) is 6.91. The Balaban J connectivity index is 1.77. The normalized spacial score (nSPS) is 12.4. The van der Waals surface area contributed by atoms with E-state index >= 15 is 0 Å². The maximum Gasteiger partial charge on any atom is 0.252 e. The van der Waals surface area contributed by atoms with Crippen molar-refractivity contribution in [2.75, 3.05) is 6.61 Å².